The predicted molar refractivity (Wildman–Crippen MR) is 173 cm³/mol. The number of rotatable bonds is 14. The Morgan fingerprint density at radius 2 is 1.73 bits per heavy atom. The van der Waals surface area contributed by atoms with Crippen molar-refractivity contribution in [2.24, 2.45) is 16.8 Å². The maximum atomic E-state index is 15.1. The topological polar surface area (TPSA) is 74.8 Å². The molecule has 0 unspecified atom stereocenters. The number of amides is 2. The van der Waals surface area contributed by atoms with Crippen molar-refractivity contribution in [3.8, 4) is 5.75 Å². The molecule has 0 spiro atoms. The SMILES string of the molecule is C=C(Nc1ccc(NC(=O)NCCC2CCCC2)cc1)c1c(F)cc(OCCCC(C)C)cc1N=CC.CCCC. The standard InChI is InChI=1S/C30H41FN4O2.C4H10/c1-5-32-28-20-26(37-18-8-9-21(2)3)19-27(31)29(28)22(4)34-24-12-14-25(15-13-24)35-30(36)33-17-16-23-10-6-7-11-23;1-3-4-2/h5,12-15,19-21,23,34H,4,6-11,16-18H2,1-3H3,(H2,33,35,36);3-4H2,1-2H3. The molecule has 0 heterocycles. The molecule has 0 atom stereocenters. The van der Waals surface area contributed by atoms with E-state index in [0.29, 0.717) is 41.9 Å². The van der Waals surface area contributed by atoms with Crippen LogP contribution in [0.2, 0.25) is 0 Å². The van der Waals surface area contributed by atoms with E-state index in [0.717, 1.165) is 30.9 Å². The Bertz CT molecular complexity index is 1090. The lowest BCUT2D eigenvalue weighted by atomic mass is 10.0. The van der Waals surface area contributed by atoms with Gasteiger partial charge in [-0.1, -0.05) is 72.8 Å². The number of anilines is 2. The van der Waals surface area contributed by atoms with Crippen molar-refractivity contribution in [2.75, 3.05) is 23.8 Å². The van der Waals surface area contributed by atoms with Crippen molar-refractivity contribution >= 4 is 35.0 Å². The van der Waals surface area contributed by atoms with Crippen LogP contribution in [0.3, 0.4) is 0 Å². The van der Waals surface area contributed by atoms with E-state index in [2.05, 4.69) is 55.2 Å². The normalized spacial score (nSPS) is 13.1. The summed E-state index contributed by atoms with van der Waals surface area (Å²) in [6.07, 6.45) is 12.4. The van der Waals surface area contributed by atoms with E-state index in [1.54, 1.807) is 31.3 Å². The zero-order chi connectivity index (χ0) is 30.0. The van der Waals surface area contributed by atoms with Gasteiger partial charge >= 0.3 is 6.03 Å². The third-order valence-corrected chi connectivity index (χ3v) is 7.06. The van der Waals surface area contributed by atoms with Crippen molar-refractivity contribution in [1.82, 2.24) is 5.32 Å². The number of nitrogens with one attached hydrogen (secondary N) is 3. The molecular formula is C34H51FN4O2. The fraction of sp³-hybridized carbons (Fsp3) is 0.529. The number of ether oxygens (including phenoxy) is 1. The zero-order valence-corrected chi connectivity index (χ0v) is 25.8. The van der Waals surface area contributed by atoms with E-state index in [1.165, 1.54) is 44.6 Å². The van der Waals surface area contributed by atoms with E-state index in [4.69, 9.17) is 4.74 Å². The molecule has 1 aliphatic carbocycles. The number of halogens is 1. The molecule has 7 heteroatoms. The minimum Gasteiger partial charge on any atom is -0.493 e. The van der Waals surface area contributed by atoms with E-state index in [9.17, 15) is 4.79 Å². The number of hydrogen-bond acceptors (Lipinski definition) is 4. The third kappa shape index (κ3) is 12.8. The van der Waals surface area contributed by atoms with Gasteiger partial charge in [-0.05, 0) is 62.3 Å². The summed E-state index contributed by atoms with van der Waals surface area (Å²) < 4.78 is 20.9. The number of benzene rings is 2. The molecule has 0 radical (unpaired) electrons. The van der Waals surface area contributed by atoms with Gasteiger partial charge in [0.25, 0.3) is 0 Å². The van der Waals surface area contributed by atoms with Gasteiger partial charge in [0.05, 0.1) is 17.9 Å². The lowest BCUT2D eigenvalue weighted by Gasteiger charge is -2.16. The molecule has 2 aromatic rings. The van der Waals surface area contributed by atoms with Gasteiger partial charge in [0.2, 0.25) is 0 Å². The number of unbranched alkanes of at least 4 members (excludes halogenated alkanes) is 1. The van der Waals surface area contributed by atoms with Gasteiger partial charge in [-0.15, -0.1) is 0 Å². The van der Waals surface area contributed by atoms with E-state index < -0.39 is 5.82 Å². The monoisotopic (exact) mass is 566 g/mol. The van der Waals surface area contributed by atoms with Crippen LogP contribution in [0.15, 0.2) is 48.0 Å². The van der Waals surface area contributed by atoms with Crippen LogP contribution in [0.5, 0.6) is 5.75 Å². The maximum Gasteiger partial charge on any atom is 0.319 e. The Labute approximate surface area is 247 Å². The largest absolute Gasteiger partial charge is 0.493 e. The number of carbonyl (C=O) groups excluding carboxylic acids is 1. The van der Waals surface area contributed by atoms with Gasteiger partial charge in [-0.25, -0.2) is 9.18 Å². The molecule has 0 saturated heterocycles. The molecule has 1 saturated carbocycles. The Balaban J connectivity index is 0.00000138. The Morgan fingerprint density at radius 3 is 2.32 bits per heavy atom. The predicted octanol–water partition coefficient (Wildman–Crippen LogP) is 9.95. The van der Waals surface area contributed by atoms with Gasteiger partial charge in [0.15, 0.2) is 0 Å². The summed E-state index contributed by atoms with van der Waals surface area (Å²) in [6, 6.07) is 10.1. The summed E-state index contributed by atoms with van der Waals surface area (Å²) in [6.45, 7) is 15.7. The zero-order valence-electron chi connectivity index (χ0n) is 25.8. The van der Waals surface area contributed by atoms with E-state index >= 15 is 4.39 Å². The van der Waals surface area contributed by atoms with Gasteiger partial charge in [-0.2, -0.15) is 0 Å². The van der Waals surface area contributed by atoms with Gasteiger partial charge in [0, 0.05) is 42.0 Å². The summed E-state index contributed by atoms with van der Waals surface area (Å²) in [5.41, 5.74) is 2.52. The highest BCUT2D eigenvalue weighted by molar-refractivity contribution is 5.90. The first-order chi connectivity index (χ1) is 19.8. The van der Waals surface area contributed by atoms with Crippen LogP contribution in [-0.4, -0.2) is 25.4 Å². The van der Waals surface area contributed by atoms with Crippen molar-refractivity contribution in [3.63, 3.8) is 0 Å². The van der Waals surface area contributed by atoms with Crippen molar-refractivity contribution < 1.29 is 13.9 Å². The first kappa shape index (κ1) is 33.9. The number of carbonyl (C=O) groups is 1. The van der Waals surface area contributed by atoms with Crippen LogP contribution in [-0.2, 0) is 0 Å². The van der Waals surface area contributed by atoms with Crippen LogP contribution >= 0.6 is 0 Å². The van der Waals surface area contributed by atoms with Crippen molar-refractivity contribution in [3.05, 3.63) is 54.4 Å². The van der Waals surface area contributed by atoms with E-state index in [1.807, 2.05) is 12.1 Å². The molecule has 2 aromatic carbocycles. The lowest BCUT2D eigenvalue weighted by Crippen LogP contribution is -2.30. The summed E-state index contributed by atoms with van der Waals surface area (Å²) in [4.78, 5) is 16.5. The Hall–Kier alpha value is -3.35. The van der Waals surface area contributed by atoms with Gasteiger partial charge in [-0.3, -0.25) is 4.99 Å². The molecule has 1 aliphatic rings. The molecule has 226 valence electrons. The lowest BCUT2D eigenvalue weighted by molar-refractivity contribution is 0.251. The molecule has 3 N–H and O–H groups in total. The van der Waals surface area contributed by atoms with Crippen LogP contribution in [0.4, 0.5) is 26.2 Å². The minimum absolute atomic E-state index is 0.209. The second kappa shape index (κ2) is 18.9. The summed E-state index contributed by atoms with van der Waals surface area (Å²) >= 11 is 0. The minimum atomic E-state index is -0.452. The van der Waals surface area contributed by atoms with Crippen molar-refractivity contribution in [1.29, 1.82) is 0 Å². The van der Waals surface area contributed by atoms with Gasteiger partial charge < -0.3 is 20.7 Å². The van der Waals surface area contributed by atoms with Crippen molar-refractivity contribution in [2.45, 2.75) is 92.4 Å². The highest BCUT2D eigenvalue weighted by Gasteiger charge is 2.16. The summed E-state index contributed by atoms with van der Waals surface area (Å²) in [5, 5.41) is 8.94. The molecule has 6 nitrogen and oxygen atoms in total. The fourth-order valence-corrected chi connectivity index (χ4v) is 4.61. The van der Waals surface area contributed by atoms with Gasteiger partial charge in [0.1, 0.15) is 11.6 Å². The highest BCUT2D eigenvalue weighted by atomic mass is 19.1. The first-order valence-electron chi connectivity index (χ1n) is 15.3. The molecular weight excluding hydrogens is 515 g/mol. The maximum absolute atomic E-state index is 15.1. The molecule has 41 heavy (non-hydrogen) atoms. The second-order valence-electron chi connectivity index (χ2n) is 11.1. The number of hydrogen-bond donors (Lipinski definition) is 3. The molecule has 0 aliphatic heterocycles. The van der Waals surface area contributed by atoms with Crippen LogP contribution in [0.1, 0.15) is 98.0 Å². The first-order valence-corrected chi connectivity index (χ1v) is 15.3. The van der Waals surface area contributed by atoms with Crippen LogP contribution < -0.4 is 20.7 Å². The Morgan fingerprint density at radius 1 is 1.10 bits per heavy atom. The number of urea groups is 1. The van der Waals surface area contributed by atoms with Crippen LogP contribution in [0.25, 0.3) is 5.70 Å². The smallest absolute Gasteiger partial charge is 0.319 e. The van der Waals surface area contributed by atoms with E-state index in [-0.39, 0.29) is 11.6 Å². The average Bonchev–Trinajstić information content (AvgIpc) is 3.46. The molecule has 0 aromatic heterocycles. The number of nitrogens with zero attached hydrogens (tertiary/aromatic N) is 1. The fourth-order valence-electron chi connectivity index (χ4n) is 4.61. The van der Waals surface area contributed by atoms with Crippen LogP contribution in [0, 0.1) is 17.7 Å². The summed E-state index contributed by atoms with van der Waals surface area (Å²) in [7, 11) is 0. The molecule has 2 amide bonds. The summed E-state index contributed by atoms with van der Waals surface area (Å²) in [5.74, 6) is 1.35. The molecule has 3 rings (SSSR count). The third-order valence-electron chi connectivity index (χ3n) is 7.06. The average molecular weight is 567 g/mol. The highest BCUT2D eigenvalue weighted by Crippen LogP contribution is 2.34. The molecule has 0 bridgehead atoms. The number of aliphatic imine (C=N–C) groups is 1. The molecule has 1 fully saturated rings. The second-order valence-corrected chi connectivity index (χ2v) is 11.1. The Kier molecular flexibility index (Phi) is 15.6. The quantitative estimate of drug-likeness (QED) is 0.157.